The lowest BCUT2D eigenvalue weighted by molar-refractivity contribution is -0.159. The van der Waals surface area contributed by atoms with E-state index >= 15 is 0 Å². The Balaban J connectivity index is 0.000000656. The zero-order chi connectivity index (χ0) is 22.7. The van der Waals surface area contributed by atoms with Crippen molar-refractivity contribution < 1.29 is 24.5 Å². The van der Waals surface area contributed by atoms with Crippen molar-refractivity contribution in [1.82, 2.24) is 9.80 Å². The van der Waals surface area contributed by atoms with Crippen molar-refractivity contribution in [1.29, 1.82) is 0 Å². The van der Waals surface area contributed by atoms with Gasteiger partial charge in [-0.2, -0.15) is 0 Å². The molecule has 0 radical (unpaired) electrons. The molecule has 1 aliphatic rings. The number of carbonyl (C=O) groups is 2. The van der Waals surface area contributed by atoms with Crippen LogP contribution in [0.15, 0.2) is 18.2 Å². The fourth-order valence-electron chi connectivity index (χ4n) is 3.23. The predicted molar refractivity (Wildman–Crippen MR) is 118 cm³/mol. The summed E-state index contributed by atoms with van der Waals surface area (Å²) >= 11 is 0. The van der Waals surface area contributed by atoms with E-state index in [1.807, 2.05) is 0 Å². The number of rotatable bonds is 7. The molecule has 0 aromatic heterocycles. The molecule has 1 aliphatic heterocycles. The Labute approximate surface area is 180 Å². The van der Waals surface area contributed by atoms with Crippen molar-refractivity contribution >= 4 is 11.9 Å². The number of likely N-dealkylation sites (N-methyl/N-ethyl adjacent to an activating group) is 1. The molecule has 170 valence electrons. The van der Waals surface area contributed by atoms with Gasteiger partial charge in [0.05, 0.1) is 6.61 Å². The van der Waals surface area contributed by atoms with Crippen molar-refractivity contribution in [2.24, 2.45) is 0 Å². The first-order valence-electron chi connectivity index (χ1n) is 10.7. The van der Waals surface area contributed by atoms with Gasteiger partial charge in [-0.1, -0.05) is 39.8 Å². The van der Waals surface area contributed by atoms with Gasteiger partial charge in [-0.25, -0.2) is 9.59 Å². The first-order valence-corrected chi connectivity index (χ1v) is 10.7. The lowest BCUT2D eigenvalue weighted by Crippen LogP contribution is -2.46. The van der Waals surface area contributed by atoms with E-state index in [1.54, 1.807) is 0 Å². The SMILES string of the molecule is CCN1CCN(CCCCOc2ccc(C(C)(C)C)cc2C)CC1.O=C(O)C(=O)O. The average Bonchev–Trinajstić information content (AvgIpc) is 2.69. The molecule has 0 atom stereocenters. The molecule has 1 aromatic carbocycles. The number of aliphatic carboxylic acids is 2. The van der Waals surface area contributed by atoms with Gasteiger partial charge in [-0.05, 0) is 55.5 Å². The van der Waals surface area contributed by atoms with E-state index in [9.17, 15) is 0 Å². The Hall–Kier alpha value is -2.12. The minimum atomic E-state index is -1.82. The van der Waals surface area contributed by atoms with Crippen LogP contribution in [-0.2, 0) is 15.0 Å². The number of hydrogen-bond acceptors (Lipinski definition) is 5. The van der Waals surface area contributed by atoms with E-state index in [2.05, 4.69) is 62.6 Å². The normalized spacial score (nSPS) is 15.2. The van der Waals surface area contributed by atoms with Gasteiger partial charge in [-0.15, -0.1) is 0 Å². The monoisotopic (exact) mass is 422 g/mol. The molecule has 0 bridgehead atoms. The lowest BCUT2D eigenvalue weighted by atomic mass is 9.86. The number of ether oxygens (including phenoxy) is 1. The Morgan fingerprint density at radius 2 is 1.57 bits per heavy atom. The maximum Gasteiger partial charge on any atom is 0.414 e. The second kappa shape index (κ2) is 12.5. The van der Waals surface area contributed by atoms with Gasteiger partial charge >= 0.3 is 11.9 Å². The van der Waals surface area contributed by atoms with Crippen molar-refractivity contribution in [3.8, 4) is 5.75 Å². The number of hydrogen-bond donors (Lipinski definition) is 2. The smallest absolute Gasteiger partial charge is 0.414 e. The summed E-state index contributed by atoms with van der Waals surface area (Å²) in [6, 6.07) is 6.61. The van der Waals surface area contributed by atoms with Gasteiger partial charge in [0.1, 0.15) is 5.75 Å². The summed E-state index contributed by atoms with van der Waals surface area (Å²) in [4.78, 5) is 23.3. The Morgan fingerprint density at radius 1 is 1.00 bits per heavy atom. The molecule has 0 amide bonds. The molecule has 1 fully saturated rings. The van der Waals surface area contributed by atoms with Crippen LogP contribution >= 0.6 is 0 Å². The number of nitrogens with zero attached hydrogens (tertiary/aromatic N) is 2. The molecule has 2 rings (SSSR count). The topological polar surface area (TPSA) is 90.3 Å². The van der Waals surface area contributed by atoms with Crippen LogP contribution in [0, 0.1) is 6.92 Å². The van der Waals surface area contributed by atoms with Crippen LogP contribution in [-0.4, -0.2) is 77.8 Å². The summed E-state index contributed by atoms with van der Waals surface area (Å²) in [6.45, 7) is 19.3. The molecule has 7 nitrogen and oxygen atoms in total. The highest BCUT2D eigenvalue weighted by molar-refractivity contribution is 6.27. The van der Waals surface area contributed by atoms with Gasteiger partial charge in [0.2, 0.25) is 0 Å². The Bertz CT molecular complexity index is 665. The van der Waals surface area contributed by atoms with Crippen molar-refractivity contribution in [3.05, 3.63) is 29.3 Å². The van der Waals surface area contributed by atoms with Gasteiger partial charge in [0, 0.05) is 26.2 Å². The molecule has 0 unspecified atom stereocenters. The average molecular weight is 423 g/mol. The predicted octanol–water partition coefficient (Wildman–Crippen LogP) is 3.24. The summed E-state index contributed by atoms with van der Waals surface area (Å²) in [5.41, 5.74) is 2.82. The van der Waals surface area contributed by atoms with E-state index in [0.29, 0.717) is 0 Å². The van der Waals surface area contributed by atoms with Crippen LogP contribution in [0.3, 0.4) is 0 Å². The first-order chi connectivity index (χ1) is 14.0. The van der Waals surface area contributed by atoms with E-state index in [1.165, 1.54) is 56.8 Å². The number of carboxylic acid groups (broad SMARTS) is 2. The van der Waals surface area contributed by atoms with Crippen LogP contribution in [0.5, 0.6) is 5.75 Å². The molecule has 30 heavy (non-hydrogen) atoms. The second-order valence-electron chi connectivity index (χ2n) is 8.67. The molecule has 0 saturated carbocycles. The Kier molecular flexibility index (Phi) is 10.8. The van der Waals surface area contributed by atoms with Crippen LogP contribution in [0.2, 0.25) is 0 Å². The van der Waals surface area contributed by atoms with E-state index in [-0.39, 0.29) is 5.41 Å². The van der Waals surface area contributed by atoms with Gasteiger partial charge in [0.15, 0.2) is 0 Å². The van der Waals surface area contributed by atoms with E-state index in [0.717, 1.165) is 18.8 Å². The number of benzene rings is 1. The minimum absolute atomic E-state index is 0.199. The summed E-state index contributed by atoms with van der Waals surface area (Å²) in [5, 5.41) is 14.8. The van der Waals surface area contributed by atoms with E-state index in [4.69, 9.17) is 24.5 Å². The zero-order valence-corrected chi connectivity index (χ0v) is 19.1. The number of piperazine rings is 1. The van der Waals surface area contributed by atoms with Crippen LogP contribution in [0.4, 0.5) is 0 Å². The van der Waals surface area contributed by atoms with Gasteiger partial charge < -0.3 is 24.7 Å². The third-order valence-corrected chi connectivity index (χ3v) is 5.26. The molecule has 1 saturated heterocycles. The maximum absolute atomic E-state index is 9.10. The molecular formula is C23H38N2O5. The van der Waals surface area contributed by atoms with Gasteiger partial charge in [-0.3, -0.25) is 0 Å². The van der Waals surface area contributed by atoms with Gasteiger partial charge in [0.25, 0.3) is 0 Å². The molecular weight excluding hydrogens is 384 g/mol. The fourth-order valence-corrected chi connectivity index (χ4v) is 3.23. The molecule has 0 aliphatic carbocycles. The highest BCUT2D eigenvalue weighted by atomic mass is 16.5. The summed E-state index contributed by atoms with van der Waals surface area (Å²) in [7, 11) is 0. The number of carboxylic acids is 2. The number of aryl methyl sites for hydroxylation is 1. The van der Waals surface area contributed by atoms with Crippen LogP contribution in [0.25, 0.3) is 0 Å². The lowest BCUT2D eigenvalue weighted by Gasteiger charge is -2.33. The van der Waals surface area contributed by atoms with Crippen LogP contribution in [0.1, 0.15) is 51.7 Å². The maximum atomic E-state index is 9.10. The van der Waals surface area contributed by atoms with Crippen molar-refractivity contribution in [3.63, 3.8) is 0 Å². The quantitative estimate of drug-likeness (QED) is 0.515. The number of unbranched alkanes of at least 4 members (excludes halogenated alkanes) is 1. The highest BCUT2D eigenvalue weighted by Crippen LogP contribution is 2.27. The third kappa shape index (κ3) is 9.59. The molecule has 0 spiro atoms. The van der Waals surface area contributed by atoms with Crippen molar-refractivity contribution in [2.75, 3.05) is 45.9 Å². The minimum Gasteiger partial charge on any atom is -0.493 e. The summed E-state index contributed by atoms with van der Waals surface area (Å²) in [5.74, 6) is -2.61. The summed E-state index contributed by atoms with van der Waals surface area (Å²) < 4.78 is 6.00. The molecule has 1 heterocycles. The van der Waals surface area contributed by atoms with Crippen LogP contribution < -0.4 is 4.74 Å². The molecule has 2 N–H and O–H groups in total. The highest BCUT2D eigenvalue weighted by Gasteiger charge is 2.16. The standard InChI is InChI=1S/C21H36N2O.C2H2O4/c1-6-22-12-14-23(15-13-22)11-7-8-16-24-20-10-9-19(17-18(20)2)21(3,4)5;3-1(4)2(5)6/h9-10,17H,6-8,11-16H2,1-5H3;(H,3,4)(H,5,6). The first kappa shape index (κ1) is 25.9. The van der Waals surface area contributed by atoms with E-state index < -0.39 is 11.9 Å². The zero-order valence-electron chi connectivity index (χ0n) is 19.1. The van der Waals surface area contributed by atoms with Crippen molar-refractivity contribution in [2.45, 2.75) is 52.9 Å². The fraction of sp³-hybridized carbons (Fsp3) is 0.652. The largest absolute Gasteiger partial charge is 0.493 e. The second-order valence-corrected chi connectivity index (χ2v) is 8.67. The summed E-state index contributed by atoms with van der Waals surface area (Å²) in [6.07, 6.45) is 2.36. The molecule has 7 heteroatoms. The Morgan fingerprint density at radius 3 is 2.03 bits per heavy atom. The third-order valence-electron chi connectivity index (χ3n) is 5.26. The molecule has 1 aromatic rings.